The summed E-state index contributed by atoms with van der Waals surface area (Å²) >= 11 is 0. The summed E-state index contributed by atoms with van der Waals surface area (Å²) in [6, 6.07) is 9.97. The van der Waals surface area contributed by atoms with Crippen LogP contribution < -0.4 is 20.3 Å². The minimum atomic E-state index is -0.492. The van der Waals surface area contributed by atoms with Crippen molar-refractivity contribution in [3.05, 3.63) is 65.1 Å². The number of ether oxygens (including phenoxy) is 1. The Labute approximate surface area is 196 Å². The fourth-order valence-corrected chi connectivity index (χ4v) is 4.68. The van der Waals surface area contributed by atoms with Crippen molar-refractivity contribution in [2.24, 2.45) is 0 Å². The normalized spacial score (nSPS) is 19.4. The van der Waals surface area contributed by atoms with Crippen LogP contribution in [0.4, 0.5) is 16.0 Å². The van der Waals surface area contributed by atoms with Gasteiger partial charge in [-0.25, -0.2) is 9.37 Å². The molecule has 8 nitrogen and oxygen atoms in total. The number of pyridine rings is 2. The van der Waals surface area contributed by atoms with Crippen LogP contribution in [0.25, 0.3) is 11.3 Å². The van der Waals surface area contributed by atoms with E-state index in [1.54, 1.807) is 23.1 Å². The third-order valence-electron chi connectivity index (χ3n) is 6.45. The molecule has 4 heterocycles. The number of carbonyl (C=O) groups is 1. The van der Waals surface area contributed by atoms with Crippen molar-refractivity contribution >= 4 is 17.5 Å². The molecule has 34 heavy (non-hydrogen) atoms. The Morgan fingerprint density at radius 3 is 2.91 bits per heavy atom. The second-order valence-corrected chi connectivity index (χ2v) is 8.77. The molecule has 3 N–H and O–H groups in total. The number of hydrogen-bond acceptors (Lipinski definition) is 7. The summed E-state index contributed by atoms with van der Waals surface area (Å²) in [4.78, 5) is 24.0. The fraction of sp³-hybridized carbons (Fsp3) is 0.320. The first-order valence-electron chi connectivity index (χ1n) is 11.2. The van der Waals surface area contributed by atoms with Crippen molar-refractivity contribution in [2.45, 2.75) is 25.4 Å². The molecule has 2 aromatic heterocycles. The number of benzene rings is 1. The number of rotatable bonds is 6. The summed E-state index contributed by atoms with van der Waals surface area (Å²) in [5.41, 5.74) is 2.12. The van der Waals surface area contributed by atoms with Gasteiger partial charge in [-0.1, -0.05) is 6.07 Å². The van der Waals surface area contributed by atoms with E-state index in [2.05, 4.69) is 15.6 Å². The number of amides is 1. The minimum absolute atomic E-state index is 0.0292. The van der Waals surface area contributed by atoms with Gasteiger partial charge < -0.3 is 20.5 Å². The first-order valence-corrected chi connectivity index (χ1v) is 11.2. The number of anilines is 2. The summed E-state index contributed by atoms with van der Waals surface area (Å²) < 4.78 is 20.2. The highest BCUT2D eigenvalue weighted by atomic mass is 19.1. The highest BCUT2D eigenvalue weighted by molar-refractivity contribution is 6.10. The Hall–Kier alpha value is -3.56. The Kier molecular flexibility index (Phi) is 5.66. The number of aryl methyl sites for hydroxylation is 1. The lowest BCUT2D eigenvalue weighted by molar-refractivity contribution is 0.0996. The van der Waals surface area contributed by atoms with Crippen LogP contribution in [0.2, 0.25) is 0 Å². The molecule has 3 aromatic rings. The van der Waals surface area contributed by atoms with E-state index >= 15 is 0 Å². The monoisotopic (exact) mass is 463 g/mol. The van der Waals surface area contributed by atoms with Crippen molar-refractivity contribution in [3.8, 4) is 17.0 Å². The average molecular weight is 464 g/mol. The lowest BCUT2D eigenvalue weighted by Crippen LogP contribution is -2.44. The maximum atomic E-state index is 14.8. The van der Waals surface area contributed by atoms with Crippen LogP contribution in [-0.4, -0.2) is 53.3 Å². The zero-order valence-electron chi connectivity index (χ0n) is 19.1. The molecule has 1 saturated heterocycles. The molecule has 2 aliphatic heterocycles. The summed E-state index contributed by atoms with van der Waals surface area (Å²) in [5.74, 6) is 0.731. The lowest BCUT2D eigenvalue weighted by atomic mass is 10.00. The molecule has 1 amide bonds. The highest BCUT2D eigenvalue weighted by Crippen LogP contribution is 2.38. The second-order valence-electron chi connectivity index (χ2n) is 8.77. The lowest BCUT2D eigenvalue weighted by Gasteiger charge is -2.28. The summed E-state index contributed by atoms with van der Waals surface area (Å²) in [6.45, 7) is 3.54. The van der Waals surface area contributed by atoms with Crippen LogP contribution in [0.1, 0.15) is 27.9 Å². The van der Waals surface area contributed by atoms with Gasteiger partial charge in [0.25, 0.3) is 5.91 Å². The Balaban J connectivity index is 1.52. The van der Waals surface area contributed by atoms with Crippen molar-refractivity contribution in [1.29, 1.82) is 0 Å². The molecule has 0 aliphatic carbocycles. The van der Waals surface area contributed by atoms with Gasteiger partial charge in [0.1, 0.15) is 23.2 Å². The molecule has 0 bridgehead atoms. The van der Waals surface area contributed by atoms with Gasteiger partial charge in [-0.15, -0.1) is 0 Å². The van der Waals surface area contributed by atoms with E-state index in [0.717, 1.165) is 18.5 Å². The average Bonchev–Trinajstić information content (AvgIpc) is 3.43. The molecular weight excluding hydrogens is 437 g/mol. The van der Waals surface area contributed by atoms with Crippen LogP contribution >= 0.6 is 0 Å². The molecule has 1 unspecified atom stereocenters. The molecule has 0 radical (unpaired) electrons. The van der Waals surface area contributed by atoms with Gasteiger partial charge >= 0.3 is 0 Å². The summed E-state index contributed by atoms with van der Waals surface area (Å²) in [7, 11) is 1.48. The number of aliphatic hydroxyl groups excluding tert-OH is 1. The molecule has 0 spiro atoms. The number of aliphatic hydroxyl groups is 1. The van der Waals surface area contributed by atoms with E-state index < -0.39 is 11.4 Å². The molecule has 1 fully saturated rings. The van der Waals surface area contributed by atoms with E-state index in [0.29, 0.717) is 40.8 Å². The number of halogens is 1. The first kappa shape index (κ1) is 22.2. The van der Waals surface area contributed by atoms with Crippen LogP contribution in [-0.2, 0) is 6.54 Å². The highest BCUT2D eigenvalue weighted by Gasteiger charge is 2.35. The van der Waals surface area contributed by atoms with Crippen molar-refractivity contribution in [2.75, 3.05) is 37.0 Å². The van der Waals surface area contributed by atoms with E-state index in [1.807, 2.05) is 19.1 Å². The molecule has 9 heteroatoms. The molecular formula is C25H26FN5O3. The third-order valence-corrected chi connectivity index (χ3v) is 6.45. The zero-order chi connectivity index (χ0) is 23.9. The number of hydrogen-bond donors (Lipinski definition) is 3. The quantitative estimate of drug-likeness (QED) is 0.517. The minimum Gasteiger partial charge on any atom is -0.496 e. The Morgan fingerprint density at radius 1 is 1.32 bits per heavy atom. The first-order chi connectivity index (χ1) is 16.4. The standard InChI is InChI=1S/C25H26FN5O3/c1-15-10-20(30-25(14-32)7-9-27-13-25)29-21(11-15)31-12-17-16(24(31)33)6-8-28-23(17)22-18(26)4-3-5-19(22)34-2/h3-6,8,10-11,27,32H,7,9,12-14H2,1-2H3,(H,29,30). The molecule has 176 valence electrons. The van der Waals surface area contributed by atoms with Crippen LogP contribution in [0.5, 0.6) is 5.75 Å². The largest absolute Gasteiger partial charge is 0.496 e. The van der Waals surface area contributed by atoms with E-state index in [-0.39, 0.29) is 24.6 Å². The molecule has 2 aliphatic rings. The smallest absolute Gasteiger partial charge is 0.260 e. The van der Waals surface area contributed by atoms with Crippen molar-refractivity contribution < 1.29 is 19.0 Å². The molecule has 1 aromatic carbocycles. The van der Waals surface area contributed by atoms with Crippen LogP contribution in [0.15, 0.2) is 42.6 Å². The number of fused-ring (bicyclic) bond motifs is 1. The Bertz CT molecular complexity index is 1260. The molecule has 5 rings (SSSR count). The predicted molar refractivity (Wildman–Crippen MR) is 127 cm³/mol. The Morgan fingerprint density at radius 2 is 2.18 bits per heavy atom. The van der Waals surface area contributed by atoms with E-state index in [4.69, 9.17) is 9.72 Å². The maximum absolute atomic E-state index is 14.8. The van der Waals surface area contributed by atoms with Gasteiger partial charge in [-0.2, -0.15) is 0 Å². The maximum Gasteiger partial charge on any atom is 0.260 e. The SMILES string of the molecule is COc1cccc(F)c1-c1nccc2c1CN(c1cc(C)cc(NC3(CO)CCNC3)n1)C2=O. The number of nitrogens with one attached hydrogen (secondary N) is 2. The van der Waals surface area contributed by atoms with Gasteiger partial charge in [0.15, 0.2) is 0 Å². The van der Waals surface area contributed by atoms with Gasteiger partial charge in [-0.3, -0.25) is 14.7 Å². The third kappa shape index (κ3) is 3.76. The van der Waals surface area contributed by atoms with E-state index in [1.165, 1.54) is 19.4 Å². The predicted octanol–water partition coefficient (Wildman–Crippen LogP) is 2.90. The van der Waals surface area contributed by atoms with Gasteiger partial charge in [0.2, 0.25) is 0 Å². The second kappa shape index (κ2) is 8.66. The van der Waals surface area contributed by atoms with Crippen molar-refractivity contribution in [3.63, 3.8) is 0 Å². The summed E-state index contributed by atoms with van der Waals surface area (Å²) in [6.07, 6.45) is 2.28. The number of aromatic nitrogens is 2. The van der Waals surface area contributed by atoms with Gasteiger partial charge in [-0.05, 0) is 55.8 Å². The topological polar surface area (TPSA) is 99.6 Å². The number of nitrogens with zero attached hydrogens (tertiary/aromatic N) is 3. The van der Waals surface area contributed by atoms with Crippen LogP contribution in [0.3, 0.4) is 0 Å². The molecule has 1 atom stereocenters. The van der Waals surface area contributed by atoms with E-state index in [9.17, 15) is 14.3 Å². The zero-order valence-corrected chi connectivity index (χ0v) is 19.1. The number of carbonyl (C=O) groups excluding carboxylic acids is 1. The van der Waals surface area contributed by atoms with Gasteiger partial charge in [0, 0.05) is 23.9 Å². The fourth-order valence-electron chi connectivity index (χ4n) is 4.68. The number of methoxy groups -OCH3 is 1. The van der Waals surface area contributed by atoms with Crippen LogP contribution in [0, 0.1) is 12.7 Å². The van der Waals surface area contributed by atoms with Gasteiger partial charge in [0.05, 0.1) is 37.1 Å². The van der Waals surface area contributed by atoms with Crippen molar-refractivity contribution in [1.82, 2.24) is 15.3 Å². The molecule has 0 saturated carbocycles. The summed E-state index contributed by atoms with van der Waals surface area (Å²) in [5, 5.41) is 16.6.